The van der Waals surface area contributed by atoms with E-state index >= 15 is 0 Å². The number of aliphatic carboxylic acids is 1. The van der Waals surface area contributed by atoms with E-state index in [9.17, 15) is 18.0 Å². The minimum absolute atomic E-state index is 0.0151. The molecule has 0 radical (unpaired) electrons. The number of carbonyl (C=O) groups is 2. The van der Waals surface area contributed by atoms with Gasteiger partial charge in [0.05, 0.1) is 17.5 Å². The molecule has 27 heavy (non-hydrogen) atoms. The molecule has 1 amide bonds. The summed E-state index contributed by atoms with van der Waals surface area (Å²) in [6.07, 6.45) is 0. The van der Waals surface area contributed by atoms with E-state index in [-0.39, 0.29) is 22.8 Å². The van der Waals surface area contributed by atoms with Gasteiger partial charge in [-0.1, -0.05) is 29.4 Å². The van der Waals surface area contributed by atoms with Crippen molar-refractivity contribution in [3.05, 3.63) is 28.8 Å². The predicted octanol–water partition coefficient (Wildman–Crippen LogP) is 1.35. The maximum absolute atomic E-state index is 12.1. The number of hydrogen-bond donors (Lipinski definition) is 1. The zero-order valence-electron chi connectivity index (χ0n) is 14.3. The van der Waals surface area contributed by atoms with Gasteiger partial charge in [-0.25, -0.2) is 13.2 Å². The largest absolute Gasteiger partial charge is 0.480 e. The molecular weight excluding hydrogens is 416 g/mol. The molecule has 0 aromatic heterocycles. The summed E-state index contributed by atoms with van der Waals surface area (Å²) in [6, 6.07) is 4.91. The number of ether oxygens (including phenoxy) is 1. The first-order chi connectivity index (χ1) is 12.7. The third kappa shape index (κ3) is 4.63. The number of aliphatic imine (C=N–C) groups is 1. The highest BCUT2D eigenvalue weighted by molar-refractivity contribution is 8.16. The van der Waals surface area contributed by atoms with Crippen molar-refractivity contribution in [2.24, 2.45) is 4.99 Å². The Hall–Kier alpha value is -1.62. The van der Waals surface area contributed by atoms with Crippen LogP contribution in [0.2, 0.25) is 5.02 Å². The number of thioether (sulfide) groups is 1. The standard InChI is InChI=1S/C16H17ClN2O6S2/c1-9-2-3-10(17)4-11(9)19-12-7-27(23,24)8-13(12)26-16(19)18-14(20)5-25-6-15(21)22/h2-4,12-13H,5-8H2,1H3,(H,21,22)/t12-,13+/m1/s1. The number of carbonyl (C=O) groups excluding carboxylic acids is 1. The van der Waals surface area contributed by atoms with E-state index < -0.39 is 34.9 Å². The number of fused-ring (bicyclic) bond motifs is 1. The lowest BCUT2D eigenvalue weighted by atomic mass is 10.1. The molecule has 0 spiro atoms. The summed E-state index contributed by atoms with van der Waals surface area (Å²) >= 11 is 7.34. The van der Waals surface area contributed by atoms with Crippen molar-refractivity contribution in [2.45, 2.75) is 18.2 Å². The fourth-order valence-electron chi connectivity index (χ4n) is 3.05. The molecule has 0 aliphatic carbocycles. The number of sulfone groups is 1. The summed E-state index contributed by atoms with van der Waals surface area (Å²) in [5.74, 6) is -1.83. The average molecular weight is 433 g/mol. The number of carboxylic acid groups (broad SMARTS) is 1. The smallest absolute Gasteiger partial charge is 0.329 e. The SMILES string of the molecule is Cc1ccc(Cl)cc1N1C(=NC(=O)COCC(=O)O)S[C@H]2CS(=O)(=O)C[C@H]21. The second-order valence-corrected chi connectivity index (χ2v) is 10.1. The number of carboxylic acids is 1. The zero-order chi connectivity index (χ0) is 19.8. The number of hydrogen-bond acceptors (Lipinski definition) is 6. The Kier molecular flexibility index (Phi) is 5.80. The molecule has 0 unspecified atom stereocenters. The Labute approximate surface area is 165 Å². The van der Waals surface area contributed by atoms with Gasteiger partial charge in [-0.05, 0) is 24.6 Å². The minimum atomic E-state index is -3.17. The molecule has 1 aromatic carbocycles. The van der Waals surface area contributed by atoms with Crippen molar-refractivity contribution >= 4 is 55.9 Å². The van der Waals surface area contributed by atoms with Gasteiger partial charge in [0.15, 0.2) is 15.0 Å². The monoisotopic (exact) mass is 432 g/mol. The van der Waals surface area contributed by atoms with Crippen LogP contribution >= 0.6 is 23.4 Å². The Morgan fingerprint density at radius 1 is 1.37 bits per heavy atom. The summed E-state index contributed by atoms with van der Waals surface area (Å²) < 4.78 is 28.9. The van der Waals surface area contributed by atoms with E-state index in [0.717, 1.165) is 5.56 Å². The molecule has 1 N–H and O–H groups in total. The number of anilines is 1. The Bertz CT molecular complexity index is 917. The Morgan fingerprint density at radius 3 is 2.81 bits per heavy atom. The fourth-order valence-corrected chi connectivity index (χ4v) is 7.14. The first kappa shape index (κ1) is 20.1. The van der Waals surface area contributed by atoms with Crippen LogP contribution in [-0.4, -0.2) is 66.6 Å². The van der Waals surface area contributed by atoms with Crippen LogP contribution in [0.3, 0.4) is 0 Å². The van der Waals surface area contributed by atoms with E-state index in [0.29, 0.717) is 15.9 Å². The number of nitrogens with zero attached hydrogens (tertiary/aromatic N) is 2. The van der Waals surface area contributed by atoms with Crippen LogP contribution in [-0.2, 0) is 24.2 Å². The van der Waals surface area contributed by atoms with Gasteiger partial charge in [0, 0.05) is 16.0 Å². The van der Waals surface area contributed by atoms with E-state index in [1.807, 2.05) is 13.0 Å². The molecule has 0 bridgehead atoms. The molecular formula is C16H17ClN2O6S2. The molecule has 2 saturated heterocycles. The third-order valence-corrected chi connectivity index (χ3v) is 7.61. The van der Waals surface area contributed by atoms with Crippen molar-refractivity contribution in [2.75, 3.05) is 29.6 Å². The van der Waals surface area contributed by atoms with Crippen molar-refractivity contribution in [3.63, 3.8) is 0 Å². The molecule has 2 atom stereocenters. The summed E-state index contributed by atoms with van der Waals surface area (Å²) in [6.45, 7) is 0.805. The lowest BCUT2D eigenvalue weighted by Crippen LogP contribution is -2.38. The second-order valence-electron chi connectivity index (χ2n) is 6.28. The van der Waals surface area contributed by atoms with Crippen LogP contribution in [0.1, 0.15) is 5.56 Å². The highest BCUT2D eigenvalue weighted by Crippen LogP contribution is 2.42. The zero-order valence-corrected chi connectivity index (χ0v) is 16.7. The molecule has 2 aliphatic heterocycles. The van der Waals surface area contributed by atoms with Crippen LogP contribution in [0, 0.1) is 6.92 Å². The van der Waals surface area contributed by atoms with Crippen LogP contribution in [0.15, 0.2) is 23.2 Å². The summed E-state index contributed by atoms with van der Waals surface area (Å²) in [4.78, 5) is 28.3. The van der Waals surface area contributed by atoms with Crippen LogP contribution < -0.4 is 4.90 Å². The van der Waals surface area contributed by atoms with Gasteiger partial charge >= 0.3 is 5.97 Å². The predicted molar refractivity (Wildman–Crippen MR) is 103 cm³/mol. The highest BCUT2D eigenvalue weighted by atomic mass is 35.5. The number of amidine groups is 1. The number of benzene rings is 1. The molecule has 2 fully saturated rings. The number of halogens is 1. The van der Waals surface area contributed by atoms with Crippen molar-refractivity contribution in [3.8, 4) is 0 Å². The molecule has 8 nitrogen and oxygen atoms in total. The highest BCUT2D eigenvalue weighted by Gasteiger charge is 2.49. The normalized spacial score (nSPS) is 25.0. The van der Waals surface area contributed by atoms with Gasteiger partial charge in [0.1, 0.15) is 13.2 Å². The molecule has 146 valence electrons. The maximum atomic E-state index is 12.1. The average Bonchev–Trinajstić information content (AvgIpc) is 3.00. The first-order valence-electron chi connectivity index (χ1n) is 8.00. The van der Waals surface area contributed by atoms with Crippen molar-refractivity contribution in [1.82, 2.24) is 0 Å². The van der Waals surface area contributed by atoms with Gasteiger partial charge < -0.3 is 14.7 Å². The quantitative estimate of drug-likeness (QED) is 0.741. The lowest BCUT2D eigenvalue weighted by Gasteiger charge is -2.26. The topological polar surface area (TPSA) is 113 Å². The number of aryl methyl sites for hydroxylation is 1. The summed E-state index contributed by atoms with van der Waals surface area (Å²) in [5, 5.41) is 9.18. The maximum Gasteiger partial charge on any atom is 0.329 e. The Balaban J connectivity index is 1.91. The van der Waals surface area contributed by atoms with E-state index in [1.54, 1.807) is 17.0 Å². The van der Waals surface area contributed by atoms with Gasteiger partial charge in [-0.3, -0.25) is 4.79 Å². The second kappa shape index (κ2) is 7.78. The van der Waals surface area contributed by atoms with E-state index in [1.165, 1.54) is 11.8 Å². The third-order valence-electron chi connectivity index (χ3n) is 4.17. The van der Waals surface area contributed by atoms with Crippen molar-refractivity contribution < 1.29 is 27.9 Å². The van der Waals surface area contributed by atoms with E-state index in [2.05, 4.69) is 4.99 Å². The Morgan fingerprint density at radius 2 is 2.11 bits per heavy atom. The molecule has 2 aliphatic rings. The summed E-state index contributed by atoms with van der Waals surface area (Å²) in [7, 11) is -3.17. The molecule has 0 saturated carbocycles. The van der Waals surface area contributed by atoms with Gasteiger partial charge in [0.2, 0.25) is 0 Å². The fraction of sp³-hybridized carbons (Fsp3) is 0.438. The minimum Gasteiger partial charge on any atom is -0.480 e. The molecule has 3 rings (SSSR count). The summed E-state index contributed by atoms with van der Waals surface area (Å²) in [5.41, 5.74) is 1.56. The van der Waals surface area contributed by atoms with Gasteiger partial charge in [-0.15, -0.1) is 0 Å². The van der Waals surface area contributed by atoms with E-state index in [4.69, 9.17) is 21.4 Å². The van der Waals surface area contributed by atoms with Crippen molar-refractivity contribution in [1.29, 1.82) is 0 Å². The van der Waals surface area contributed by atoms with Gasteiger partial charge in [-0.2, -0.15) is 4.99 Å². The first-order valence-corrected chi connectivity index (χ1v) is 11.1. The number of amides is 1. The molecule has 1 aromatic rings. The van der Waals surface area contributed by atoms with Gasteiger partial charge in [0.25, 0.3) is 5.91 Å². The molecule has 11 heteroatoms. The number of rotatable bonds is 5. The van der Waals surface area contributed by atoms with Crippen LogP contribution in [0.4, 0.5) is 5.69 Å². The van der Waals surface area contributed by atoms with Crippen LogP contribution in [0.5, 0.6) is 0 Å². The lowest BCUT2D eigenvalue weighted by molar-refractivity contribution is -0.143. The van der Waals surface area contributed by atoms with Crippen LogP contribution in [0.25, 0.3) is 0 Å². The molecule has 2 heterocycles.